The van der Waals surface area contributed by atoms with Crippen molar-refractivity contribution >= 4 is 10.9 Å². The predicted octanol–water partition coefficient (Wildman–Crippen LogP) is 3.47. The summed E-state index contributed by atoms with van der Waals surface area (Å²) in [5.74, 6) is 1.38. The van der Waals surface area contributed by atoms with Crippen molar-refractivity contribution in [1.82, 2.24) is 4.98 Å². The number of ether oxygens (including phenoxy) is 2. The first-order chi connectivity index (χ1) is 10.3. The zero-order chi connectivity index (χ0) is 14.7. The van der Waals surface area contributed by atoms with Crippen molar-refractivity contribution in [3.05, 3.63) is 70.5 Å². The molecule has 0 saturated heterocycles. The third-order valence-corrected chi connectivity index (χ3v) is 3.14. The normalized spacial score (nSPS) is 10.7. The van der Waals surface area contributed by atoms with Gasteiger partial charge in [0.2, 0.25) is 0 Å². The van der Waals surface area contributed by atoms with Gasteiger partial charge in [0.05, 0.1) is 6.61 Å². The second kappa shape index (κ2) is 5.81. The molecule has 106 valence electrons. The Balaban J connectivity index is 1.99. The summed E-state index contributed by atoms with van der Waals surface area (Å²) < 4.78 is 10.8. The van der Waals surface area contributed by atoms with Crippen LogP contribution in [0.5, 0.6) is 11.5 Å². The van der Waals surface area contributed by atoms with E-state index in [1.54, 1.807) is 19.2 Å². The number of benzene rings is 2. The van der Waals surface area contributed by atoms with Crippen molar-refractivity contribution in [3.63, 3.8) is 0 Å². The number of H-pyrrole nitrogens is 1. The maximum absolute atomic E-state index is 12.1. The molecule has 0 saturated carbocycles. The molecule has 0 aliphatic carbocycles. The molecular formula is C17H15NO3. The van der Waals surface area contributed by atoms with Crippen molar-refractivity contribution in [3.8, 4) is 11.5 Å². The molecule has 0 fully saturated rings. The number of rotatable bonds is 4. The summed E-state index contributed by atoms with van der Waals surface area (Å²) in [6.45, 7) is 0.382. The predicted molar refractivity (Wildman–Crippen MR) is 81.8 cm³/mol. The molecule has 0 spiro atoms. The van der Waals surface area contributed by atoms with Gasteiger partial charge in [-0.2, -0.15) is 0 Å². The number of pyridine rings is 1. The Morgan fingerprint density at radius 3 is 2.57 bits per heavy atom. The van der Waals surface area contributed by atoms with Crippen LogP contribution in [-0.2, 0) is 11.3 Å². The number of nitrogens with one attached hydrogen (secondary N) is 1. The highest BCUT2D eigenvalue weighted by atomic mass is 16.5. The Labute approximate surface area is 122 Å². The molecule has 0 amide bonds. The number of fused-ring (bicyclic) bond motifs is 1. The van der Waals surface area contributed by atoms with E-state index in [4.69, 9.17) is 9.47 Å². The quantitative estimate of drug-likeness (QED) is 0.796. The van der Waals surface area contributed by atoms with E-state index >= 15 is 0 Å². The van der Waals surface area contributed by atoms with E-state index in [0.29, 0.717) is 17.7 Å². The van der Waals surface area contributed by atoms with Gasteiger partial charge in [0.1, 0.15) is 11.5 Å². The summed E-state index contributed by atoms with van der Waals surface area (Å²) in [6.07, 6.45) is 0. The minimum atomic E-state index is -0.0469. The fourth-order valence-corrected chi connectivity index (χ4v) is 2.20. The molecule has 3 aromatic rings. The van der Waals surface area contributed by atoms with E-state index in [0.717, 1.165) is 17.0 Å². The highest BCUT2D eigenvalue weighted by Gasteiger charge is 2.05. The van der Waals surface area contributed by atoms with Crippen LogP contribution < -0.4 is 10.2 Å². The Kier molecular flexibility index (Phi) is 3.71. The molecule has 0 unspecified atom stereocenters. The van der Waals surface area contributed by atoms with E-state index in [9.17, 15) is 4.79 Å². The van der Waals surface area contributed by atoms with Crippen LogP contribution in [0.15, 0.2) is 59.4 Å². The van der Waals surface area contributed by atoms with Gasteiger partial charge in [-0.05, 0) is 30.3 Å². The lowest BCUT2D eigenvalue weighted by Gasteiger charge is -2.07. The number of hydrogen-bond acceptors (Lipinski definition) is 3. The van der Waals surface area contributed by atoms with Crippen LogP contribution in [0, 0.1) is 0 Å². The van der Waals surface area contributed by atoms with Gasteiger partial charge < -0.3 is 14.5 Å². The molecule has 0 atom stereocenters. The largest absolute Gasteiger partial charge is 0.457 e. The first-order valence-corrected chi connectivity index (χ1v) is 6.64. The van der Waals surface area contributed by atoms with Gasteiger partial charge in [0.15, 0.2) is 5.43 Å². The van der Waals surface area contributed by atoms with Gasteiger partial charge in [-0.25, -0.2) is 0 Å². The van der Waals surface area contributed by atoms with E-state index in [1.807, 2.05) is 42.5 Å². The summed E-state index contributed by atoms with van der Waals surface area (Å²) in [5, 5.41) is 0.600. The van der Waals surface area contributed by atoms with Crippen LogP contribution in [-0.4, -0.2) is 12.1 Å². The fourth-order valence-electron chi connectivity index (χ4n) is 2.20. The molecule has 0 bridgehead atoms. The van der Waals surface area contributed by atoms with Crippen LogP contribution >= 0.6 is 0 Å². The lowest BCUT2D eigenvalue weighted by Crippen LogP contribution is -2.06. The zero-order valence-electron chi connectivity index (χ0n) is 11.6. The van der Waals surface area contributed by atoms with Gasteiger partial charge in [-0.15, -0.1) is 0 Å². The molecule has 1 heterocycles. The molecule has 1 N–H and O–H groups in total. The monoisotopic (exact) mass is 281 g/mol. The van der Waals surface area contributed by atoms with Crippen molar-refractivity contribution in [1.29, 1.82) is 0 Å². The molecule has 1 aromatic heterocycles. The van der Waals surface area contributed by atoms with E-state index in [-0.39, 0.29) is 5.43 Å². The Bertz CT molecular complexity index is 809. The van der Waals surface area contributed by atoms with Crippen molar-refractivity contribution in [2.45, 2.75) is 6.61 Å². The van der Waals surface area contributed by atoms with Crippen LogP contribution in [0.2, 0.25) is 0 Å². The molecular weight excluding hydrogens is 266 g/mol. The minimum absolute atomic E-state index is 0.0469. The van der Waals surface area contributed by atoms with E-state index in [2.05, 4.69) is 4.98 Å². The third-order valence-electron chi connectivity index (χ3n) is 3.14. The molecule has 4 nitrogen and oxygen atoms in total. The highest BCUT2D eigenvalue weighted by Crippen LogP contribution is 2.23. The summed E-state index contributed by atoms with van der Waals surface area (Å²) >= 11 is 0. The van der Waals surface area contributed by atoms with Gasteiger partial charge in [0.25, 0.3) is 0 Å². The third kappa shape index (κ3) is 2.95. The van der Waals surface area contributed by atoms with Crippen LogP contribution in [0.4, 0.5) is 0 Å². The Morgan fingerprint density at radius 1 is 1.00 bits per heavy atom. The first kappa shape index (κ1) is 13.4. The fraction of sp³-hybridized carbons (Fsp3) is 0.118. The van der Waals surface area contributed by atoms with Crippen LogP contribution in [0.25, 0.3) is 10.9 Å². The lowest BCUT2D eigenvalue weighted by molar-refractivity contribution is 0.181. The standard InChI is InChI=1S/C17H15NO3/c1-20-11-12-9-17(19)15-10-14(7-8-16(15)18-12)21-13-5-3-2-4-6-13/h2-10H,11H2,1H3,(H,18,19). The number of methoxy groups -OCH3 is 1. The van der Waals surface area contributed by atoms with Gasteiger partial charge in [0, 0.05) is 29.8 Å². The Morgan fingerprint density at radius 2 is 1.81 bits per heavy atom. The minimum Gasteiger partial charge on any atom is -0.457 e. The molecule has 0 aliphatic rings. The van der Waals surface area contributed by atoms with Crippen molar-refractivity contribution < 1.29 is 9.47 Å². The van der Waals surface area contributed by atoms with Gasteiger partial charge in [-0.3, -0.25) is 4.79 Å². The van der Waals surface area contributed by atoms with Gasteiger partial charge in [-0.1, -0.05) is 18.2 Å². The number of aromatic nitrogens is 1. The van der Waals surface area contributed by atoms with Crippen LogP contribution in [0.3, 0.4) is 0 Å². The Hall–Kier alpha value is -2.59. The second-order valence-corrected chi connectivity index (χ2v) is 4.71. The lowest BCUT2D eigenvalue weighted by atomic mass is 10.2. The van der Waals surface area contributed by atoms with E-state index < -0.39 is 0 Å². The first-order valence-electron chi connectivity index (χ1n) is 6.64. The molecule has 0 aliphatic heterocycles. The summed E-state index contributed by atoms with van der Waals surface area (Å²) in [5.41, 5.74) is 1.48. The molecule has 3 rings (SSSR count). The molecule has 4 heteroatoms. The molecule has 21 heavy (non-hydrogen) atoms. The molecule has 2 aromatic carbocycles. The summed E-state index contributed by atoms with van der Waals surface area (Å²) in [4.78, 5) is 15.3. The highest BCUT2D eigenvalue weighted by molar-refractivity contribution is 5.80. The van der Waals surface area contributed by atoms with E-state index in [1.165, 1.54) is 0 Å². The topological polar surface area (TPSA) is 51.3 Å². The van der Waals surface area contributed by atoms with Gasteiger partial charge >= 0.3 is 0 Å². The average Bonchev–Trinajstić information content (AvgIpc) is 2.49. The second-order valence-electron chi connectivity index (χ2n) is 4.71. The molecule has 0 radical (unpaired) electrons. The van der Waals surface area contributed by atoms with Crippen molar-refractivity contribution in [2.75, 3.05) is 7.11 Å². The number of hydrogen-bond donors (Lipinski definition) is 1. The summed E-state index contributed by atoms with van der Waals surface area (Å²) in [6, 6.07) is 16.5. The maximum Gasteiger partial charge on any atom is 0.189 e. The SMILES string of the molecule is COCc1cc(=O)c2cc(Oc3ccccc3)ccc2[nH]1. The average molecular weight is 281 g/mol. The maximum atomic E-state index is 12.1. The smallest absolute Gasteiger partial charge is 0.189 e. The number of para-hydroxylation sites is 1. The summed E-state index contributed by atoms with van der Waals surface area (Å²) in [7, 11) is 1.60. The number of aromatic amines is 1. The van der Waals surface area contributed by atoms with Crippen molar-refractivity contribution in [2.24, 2.45) is 0 Å². The van der Waals surface area contributed by atoms with Crippen LogP contribution in [0.1, 0.15) is 5.69 Å². The zero-order valence-corrected chi connectivity index (χ0v) is 11.6.